The van der Waals surface area contributed by atoms with Gasteiger partial charge in [0.1, 0.15) is 0 Å². The lowest BCUT2D eigenvalue weighted by Crippen LogP contribution is -2.12. The molecule has 0 fully saturated rings. The van der Waals surface area contributed by atoms with E-state index in [0.717, 1.165) is 19.2 Å². The van der Waals surface area contributed by atoms with Gasteiger partial charge in [0.05, 0.1) is 10.6 Å². The van der Waals surface area contributed by atoms with E-state index < -0.39 is 28.0 Å². The Morgan fingerprint density at radius 3 is 2.43 bits per heavy atom. The van der Waals surface area contributed by atoms with Gasteiger partial charge in [-0.3, -0.25) is 15.1 Å². The lowest BCUT2D eigenvalue weighted by Gasteiger charge is -2.08. The van der Waals surface area contributed by atoms with Crippen LogP contribution < -0.4 is 0 Å². The predicted molar refractivity (Wildman–Crippen MR) is 40.6 cm³/mol. The first kappa shape index (κ1) is 10.4. The molecule has 0 radical (unpaired) electrons. The molecule has 0 aliphatic heterocycles. The zero-order chi connectivity index (χ0) is 10.9. The molecule has 0 bridgehead atoms. The average molecular weight is 206 g/mol. The fourth-order valence-corrected chi connectivity index (χ4v) is 1.06. The number of aromatic nitrogens is 1. The summed E-state index contributed by atoms with van der Waals surface area (Å²) in [4.78, 5) is 12.6. The van der Waals surface area contributed by atoms with E-state index in [-0.39, 0.29) is 0 Å². The van der Waals surface area contributed by atoms with Crippen LogP contribution in [0.1, 0.15) is 11.3 Å². The smallest absolute Gasteiger partial charge is 0.260 e. The fraction of sp³-hybridized carbons (Fsp3) is 0.286. The molecule has 0 amide bonds. The van der Waals surface area contributed by atoms with Crippen LogP contribution in [-0.2, 0) is 6.18 Å². The van der Waals surface area contributed by atoms with Crippen molar-refractivity contribution in [3.8, 4) is 0 Å². The molecule has 0 saturated heterocycles. The van der Waals surface area contributed by atoms with Crippen molar-refractivity contribution < 1.29 is 18.1 Å². The minimum absolute atomic E-state index is 0.397. The van der Waals surface area contributed by atoms with Gasteiger partial charge in [-0.1, -0.05) is 0 Å². The predicted octanol–water partition coefficient (Wildman–Crippen LogP) is 2.32. The highest BCUT2D eigenvalue weighted by Gasteiger charge is 2.40. The summed E-state index contributed by atoms with van der Waals surface area (Å²) in [5.74, 6) is 0. The molecule has 14 heavy (non-hydrogen) atoms. The lowest BCUT2D eigenvalue weighted by atomic mass is 10.1. The number of halogens is 3. The van der Waals surface area contributed by atoms with Gasteiger partial charge in [0.15, 0.2) is 5.56 Å². The molecule has 0 unspecified atom stereocenters. The number of hydrogen-bond donors (Lipinski definition) is 0. The van der Waals surface area contributed by atoms with Crippen molar-refractivity contribution in [2.75, 3.05) is 0 Å². The van der Waals surface area contributed by atoms with E-state index in [1.807, 2.05) is 0 Å². The van der Waals surface area contributed by atoms with Crippen molar-refractivity contribution in [1.29, 1.82) is 0 Å². The maximum atomic E-state index is 12.3. The molecule has 1 aromatic rings. The quantitative estimate of drug-likeness (QED) is 0.523. The second kappa shape index (κ2) is 3.24. The summed E-state index contributed by atoms with van der Waals surface area (Å²) in [6.07, 6.45) is -3.77. The third-order valence-electron chi connectivity index (χ3n) is 1.60. The number of nitro groups is 1. The zero-order valence-corrected chi connectivity index (χ0v) is 7.00. The van der Waals surface area contributed by atoms with Gasteiger partial charge in [0, 0.05) is 12.3 Å². The topological polar surface area (TPSA) is 56.0 Å². The average Bonchev–Trinajstić information content (AvgIpc) is 2.01. The lowest BCUT2D eigenvalue weighted by molar-refractivity contribution is -0.388. The monoisotopic (exact) mass is 206 g/mol. The number of hydrogen-bond acceptors (Lipinski definition) is 3. The van der Waals surface area contributed by atoms with Crippen LogP contribution in [0.25, 0.3) is 0 Å². The van der Waals surface area contributed by atoms with Crippen LogP contribution in [0.4, 0.5) is 18.9 Å². The maximum Gasteiger partial charge on any atom is 0.424 e. The molecule has 4 nitrogen and oxygen atoms in total. The van der Waals surface area contributed by atoms with Crippen LogP contribution in [0.5, 0.6) is 0 Å². The first-order chi connectivity index (χ1) is 6.34. The normalized spacial score (nSPS) is 11.4. The molecule has 0 aliphatic carbocycles. The largest absolute Gasteiger partial charge is 0.424 e. The van der Waals surface area contributed by atoms with E-state index in [9.17, 15) is 23.3 Å². The van der Waals surface area contributed by atoms with Crippen LogP contribution in [0.15, 0.2) is 12.3 Å². The van der Waals surface area contributed by atoms with Crippen molar-refractivity contribution in [3.63, 3.8) is 0 Å². The molecular weight excluding hydrogens is 201 g/mol. The first-order valence-corrected chi connectivity index (χ1v) is 3.51. The van der Waals surface area contributed by atoms with Crippen LogP contribution in [0, 0.1) is 17.0 Å². The fourth-order valence-electron chi connectivity index (χ4n) is 1.06. The first-order valence-electron chi connectivity index (χ1n) is 3.51. The van der Waals surface area contributed by atoms with E-state index in [4.69, 9.17) is 0 Å². The Morgan fingerprint density at radius 2 is 2.07 bits per heavy atom. The number of rotatable bonds is 1. The summed E-state index contributed by atoms with van der Waals surface area (Å²) < 4.78 is 37.0. The molecule has 0 spiro atoms. The highest BCUT2D eigenvalue weighted by Crippen LogP contribution is 2.37. The Hall–Kier alpha value is -1.66. The maximum absolute atomic E-state index is 12.3. The van der Waals surface area contributed by atoms with E-state index in [1.54, 1.807) is 0 Å². The van der Waals surface area contributed by atoms with Crippen LogP contribution in [0.2, 0.25) is 0 Å². The molecule has 76 valence electrons. The van der Waals surface area contributed by atoms with Crippen molar-refractivity contribution in [2.24, 2.45) is 0 Å². The molecule has 7 heteroatoms. The Morgan fingerprint density at radius 1 is 1.50 bits per heavy atom. The molecule has 0 aliphatic rings. The van der Waals surface area contributed by atoms with Gasteiger partial charge in [-0.05, 0) is 6.92 Å². The summed E-state index contributed by atoms with van der Waals surface area (Å²) >= 11 is 0. The zero-order valence-electron chi connectivity index (χ0n) is 7.00. The summed E-state index contributed by atoms with van der Waals surface area (Å²) in [7, 11) is 0. The van der Waals surface area contributed by atoms with E-state index >= 15 is 0 Å². The summed E-state index contributed by atoms with van der Waals surface area (Å²) in [6.45, 7) is 1.08. The Labute approximate surface area is 76.5 Å². The molecule has 1 aromatic heterocycles. The van der Waals surface area contributed by atoms with E-state index in [0.29, 0.717) is 0 Å². The van der Waals surface area contributed by atoms with Crippen molar-refractivity contribution in [2.45, 2.75) is 13.1 Å². The van der Waals surface area contributed by atoms with Crippen molar-refractivity contribution in [1.82, 2.24) is 4.98 Å². The molecule has 1 heterocycles. The summed E-state index contributed by atoms with van der Waals surface area (Å²) in [5.41, 5.74) is -2.65. The molecule has 1 rings (SSSR count). The highest BCUT2D eigenvalue weighted by molar-refractivity contribution is 5.43. The molecule has 0 N–H and O–H groups in total. The van der Waals surface area contributed by atoms with Gasteiger partial charge in [-0.15, -0.1) is 0 Å². The second-order valence-electron chi connectivity index (χ2n) is 2.55. The number of nitrogens with zero attached hydrogens (tertiary/aromatic N) is 2. The third-order valence-corrected chi connectivity index (χ3v) is 1.60. The van der Waals surface area contributed by atoms with Crippen molar-refractivity contribution in [3.05, 3.63) is 33.6 Å². The van der Waals surface area contributed by atoms with E-state index in [2.05, 4.69) is 4.98 Å². The molecule has 0 aromatic carbocycles. The van der Waals surface area contributed by atoms with E-state index in [1.165, 1.54) is 0 Å². The third kappa shape index (κ3) is 1.81. The van der Waals surface area contributed by atoms with Gasteiger partial charge in [0.25, 0.3) is 5.69 Å². The molecular formula is C7H5F3N2O2. The number of alkyl halides is 3. The SMILES string of the molecule is Cc1nccc([N+](=O)[O-])c1C(F)(F)F. The standard InChI is InChI=1S/C7H5F3N2O2/c1-4-6(7(8,9)10)5(12(13)14)2-3-11-4/h2-3H,1H3. The summed E-state index contributed by atoms with van der Waals surface area (Å²) in [6, 6.07) is 0.732. The Bertz CT molecular complexity index is 376. The summed E-state index contributed by atoms with van der Waals surface area (Å²) in [5, 5.41) is 10.3. The van der Waals surface area contributed by atoms with Gasteiger partial charge in [-0.25, -0.2) is 0 Å². The molecule has 0 saturated carbocycles. The van der Waals surface area contributed by atoms with Gasteiger partial charge >= 0.3 is 6.18 Å². The minimum atomic E-state index is -4.75. The Balaban J connectivity index is 3.45. The second-order valence-corrected chi connectivity index (χ2v) is 2.55. The minimum Gasteiger partial charge on any atom is -0.260 e. The van der Waals surface area contributed by atoms with Crippen molar-refractivity contribution >= 4 is 5.69 Å². The Kier molecular flexibility index (Phi) is 2.41. The van der Waals surface area contributed by atoms with Crippen LogP contribution in [-0.4, -0.2) is 9.91 Å². The van der Waals surface area contributed by atoms with Crippen LogP contribution >= 0.6 is 0 Å². The number of aryl methyl sites for hydroxylation is 1. The van der Waals surface area contributed by atoms with Gasteiger partial charge in [0.2, 0.25) is 0 Å². The van der Waals surface area contributed by atoms with Crippen LogP contribution in [0.3, 0.4) is 0 Å². The molecule has 0 atom stereocenters. The number of pyridine rings is 1. The van der Waals surface area contributed by atoms with Gasteiger partial charge < -0.3 is 0 Å². The highest BCUT2D eigenvalue weighted by atomic mass is 19.4. The van der Waals surface area contributed by atoms with Gasteiger partial charge in [-0.2, -0.15) is 13.2 Å².